The van der Waals surface area contributed by atoms with E-state index in [1.165, 1.54) is 180 Å². The van der Waals surface area contributed by atoms with Gasteiger partial charge in [-0.15, -0.1) is 0 Å². The van der Waals surface area contributed by atoms with Gasteiger partial charge in [0.2, 0.25) is 0 Å². The van der Waals surface area contributed by atoms with E-state index in [2.05, 4.69) is 69.4 Å². The Balaban J connectivity index is 1.55. The van der Waals surface area contributed by atoms with E-state index in [9.17, 15) is 0 Å². The summed E-state index contributed by atoms with van der Waals surface area (Å²) in [5.41, 5.74) is 0.470. The molecule has 1 saturated heterocycles. The van der Waals surface area contributed by atoms with Gasteiger partial charge in [-0.1, -0.05) is 159 Å². The van der Waals surface area contributed by atoms with Crippen molar-refractivity contribution in [3.05, 3.63) is 48.6 Å². The summed E-state index contributed by atoms with van der Waals surface area (Å²) in [6.45, 7) is 8.06. The number of unbranched alkanes of at least 4 members (excludes halogenated alkanes) is 18. The maximum Gasteiger partial charge on any atom is 0.0606 e. The summed E-state index contributed by atoms with van der Waals surface area (Å²) in [7, 11) is 0. The predicted octanol–water partition coefficient (Wildman–Crippen LogP) is 15.6. The summed E-state index contributed by atoms with van der Waals surface area (Å²) >= 11 is 0. The monoisotopic (exact) mass is 651 g/mol. The topological polar surface area (TPSA) is 9.23 Å². The lowest BCUT2D eigenvalue weighted by Gasteiger charge is -2.33. The first-order valence-electron chi connectivity index (χ1n) is 21.4. The lowest BCUT2D eigenvalue weighted by atomic mass is 9.74. The van der Waals surface area contributed by atoms with Crippen molar-refractivity contribution in [1.29, 1.82) is 0 Å². The molecular formula is C46H82O. The van der Waals surface area contributed by atoms with Crippen LogP contribution in [0.25, 0.3) is 0 Å². The average Bonchev–Trinajstić information content (AvgIpc) is 3.36. The van der Waals surface area contributed by atoms with Crippen LogP contribution >= 0.6 is 0 Å². The van der Waals surface area contributed by atoms with Gasteiger partial charge in [0, 0.05) is 0 Å². The molecule has 0 bridgehead atoms. The van der Waals surface area contributed by atoms with Gasteiger partial charge < -0.3 is 4.74 Å². The van der Waals surface area contributed by atoms with E-state index in [4.69, 9.17) is 4.74 Å². The summed E-state index contributed by atoms with van der Waals surface area (Å²) < 4.78 is 6.75. The van der Waals surface area contributed by atoms with Gasteiger partial charge in [-0.2, -0.15) is 0 Å². The third-order valence-electron chi connectivity index (χ3n) is 11.3. The number of fused-ring (bicyclic) bond motifs is 1. The second-order valence-electron chi connectivity index (χ2n) is 15.9. The molecule has 1 heteroatoms. The number of ether oxygens (including phenoxy) is 1. The van der Waals surface area contributed by atoms with E-state index in [0.29, 0.717) is 11.5 Å². The summed E-state index contributed by atoms with van der Waals surface area (Å²) in [5.74, 6) is 1.72. The van der Waals surface area contributed by atoms with Crippen LogP contribution in [-0.4, -0.2) is 12.7 Å². The summed E-state index contributed by atoms with van der Waals surface area (Å²) in [5, 5.41) is 0. The highest BCUT2D eigenvalue weighted by atomic mass is 16.5. The molecule has 0 N–H and O–H groups in total. The lowest BCUT2D eigenvalue weighted by molar-refractivity contribution is -0.0124. The van der Waals surface area contributed by atoms with Gasteiger partial charge >= 0.3 is 0 Å². The first-order valence-corrected chi connectivity index (χ1v) is 21.4. The zero-order valence-electron chi connectivity index (χ0n) is 32.2. The molecule has 0 aromatic heterocycles. The van der Waals surface area contributed by atoms with Crippen molar-refractivity contribution in [3.63, 3.8) is 0 Å². The van der Waals surface area contributed by atoms with Crippen molar-refractivity contribution >= 4 is 0 Å². The molecule has 1 aliphatic carbocycles. The van der Waals surface area contributed by atoms with E-state index in [1.54, 1.807) is 0 Å². The van der Waals surface area contributed by atoms with Crippen molar-refractivity contribution < 1.29 is 4.74 Å². The lowest BCUT2D eigenvalue weighted by Crippen LogP contribution is -2.27. The van der Waals surface area contributed by atoms with E-state index in [-0.39, 0.29) is 0 Å². The van der Waals surface area contributed by atoms with E-state index in [0.717, 1.165) is 31.3 Å². The van der Waals surface area contributed by atoms with Gasteiger partial charge in [-0.25, -0.2) is 0 Å². The largest absolute Gasteiger partial charge is 0.377 e. The van der Waals surface area contributed by atoms with Crippen molar-refractivity contribution in [2.24, 2.45) is 17.3 Å². The second-order valence-corrected chi connectivity index (χ2v) is 15.9. The predicted molar refractivity (Wildman–Crippen MR) is 211 cm³/mol. The van der Waals surface area contributed by atoms with Crippen LogP contribution in [-0.2, 0) is 4.74 Å². The van der Waals surface area contributed by atoms with Gasteiger partial charge in [-0.3, -0.25) is 0 Å². The summed E-state index contributed by atoms with van der Waals surface area (Å²) in [4.78, 5) is 0. The molecule has 47 heavy (non-hydrogen) atoms. The van der Waals surface area contributed by atoms with Gasteiger partial charge in [0.15, 0.2) is 0 Å². The van der Waals surface area contributed by atoms with Crippen LogP contribution in [0.4, 0.5) is 0 Å². The smallest absolute Gasteiger partial charge is 0.0606 e. The number of hydrogen-bond donors (Lipinski definition) is 0. The van der Waals surface area contributed by atoms with Crippen LogP contribution in [0.2, 0.25) is 0 Å². The van der Waals surface area contributed by atoms with Crippen molar-refractivity contribution in [2.45, 2.75) is 219 Å². The molecule has 0 amide bonds. The highest BCUT2D eigenvalue weighted by molar-refractivity contribution is 4.94. The number of hydrogen-bond acceptors (Lipinski definition) is 1. The molecule has 1 saturated carbocycles. The molecular weight excluding hydrogens is 569 g/mol. The molecule has 0 aromatic carbocycles. The Labute approximate surface area is 296 Å². The molecule has 2 aliphatic rings. The first kappa shape index (κ1) is 42.1. The van der Waals surface area contributed by atoms with Crippen LogP contribution in [0, 0.1) is 17.3 Å². The highest BCUT2D eigenvalue weighted by Crippen LogP contribution is 2.46. The molecule has 3 atom stereocenters. The molecule has 2 rings (SSSR count). The van der Waals surface area contributed by atoms with Gasteiger partial charge in [-0.05, 0) is 120 Å². The van der Waals surface area contributed by atoms with Crippen LogP contribution < -0.4 is 0 Å². The molecule has 1 aliphatic heterocycles. The van der Waals surface area contributed by atoms with Gasteiger partial charge in [0.1, 0.15) is 0 Å². The average molecular weight is 651 g/mol. The van der Waals surface area contributed by atoms with Crippen molar-refractivity contribution in [3.8, 4) is 0 Å². The first-order chi connectivity index (χ1) is 23.2. The molecule has 0 aromatic rings. The SMILES string of the molecule is CCCCCC=CCC=CCCCCCCCCC1(CCCCCCCCC=CCC=CCCCCC)CCC2CC(C)CC2OC1. The number of allylic oxidation sites excluding steroid dienone is 8. The fraction of sp³-hybridized carbons (Fsp3) is 0.826. The van der Waals surface area contributed by atoms with Crippen LogP contribution in [0.1, 0.15) is 213 Å². The zero-order valence-corrected chi connectivity index (χ0v) is 32.2. The zero-order chi connectivity index (χ0) is 33.5. The third-order valence-corrected chi connectivity index (χ3v) is 11.3. The minimum atomic E-state index is 0.470. The molecule has 0 spiro atoms. The maximum atomic E-state index is 6.75. The Kier molecular flexibility index (Phi) is 26.7. The molecule has 1 nitrogen and oxygen atoms in total. The highest BCUT2D eigenvalue weighted by Gasteiger charge is 2.40. The molecule has 272 valence electrons. The van der Waals surface area contributed by atoms with Crippen molar-refractivity contribution in [1.82, 2.24) is 0 Å². The summed E-state index contributed by atoms with van der Waals surface area (Å²) in [6.07, 6.45) is 60.3. The van der Waals surface area contributed by atoms with Crippen LogP contribution in [0.15, 0.2) is 48.6 Å². The van der Waals surface area contributed by atoms with Crippen molar-refractivity contribution in [2.75, 3.05) is 6.61 Å². The quantitative estimate of drug-likeness (QED) is 0.0555. The second kappa shape index (κ2) is 29.8. The summed E-state index contributed by atoms with van der Waals surface area (Å²) in [6, 6.07) is 0. The van der Waals surface area contributed by atoms with Gasteiger partial charge in [0.25, 0.3) is 0 Å². The Bertz CT molecular complexity index is 736. The van der Waals surface area contributed by atoms with E-state index < -0.39 is 0 Å². The Hall–Kier alpha value is -1.08. The number of rotatable bonds is 30. The standard InChI is InChI=1S/C46H82O/c1-4-6-8-10-12-14-16-18-20-22-24-26-28-30-32-34-37-46(39-36-44-40-43(3)41-45(44)47-42-46)38-35-33-31-29-27-25-23-21-19-17-15-13-11-9-7-5-2/h12-15,18-21,43-45H,4-11,16-17,22-42H2,1-3H3. The Morgan fingerprint density at radius 2 is 0.936 bits per heavy atom. The van der Waals surface area contributed by atoms with E-state index >= 15 is 0 Å². The Morgan fingerprint density at radius 3 is 1.40 bits per heavy atom. The van der Waals surface area contributed by atoms with E-state index in [1.807, 2.05) is 0 Å². The fourth-order valence-electron chi connectivity index (χ4n) is 8.21. The van der Waals surface area contributed by atoms with Gasteiger partial charge in [0.05, 0.1) is 12.7 Å². The molecule has 1 heterocycles. The minimum absolute atomic E-state index is 0.470. The maximum absolute atomic E-state index is 6.75. The normalized spacial score (nSPS) is 23.6. The van der Waals surface area contributed by atoms with Crippen LogP contribution in [0.5, 0.6) is 0 Å². The van der Waals surface area contributed by atoms with Crippen LogP contribution in [0.3, 0.4) is 0 Å². The Morgan fingerprint density at radius 1 is 0.511 bits per heavy atom. The molecule has 0 radical (unpaired) electrons. The molecule has 2 fully saturated rings. The third kappa shape index (κ3) is 22.3. The minimum Gasteiger partial charge on any atom is -0.377 e. The fourth-order valence-corrected chi connectivity index (χ4v) is 8.21. The molecule has 3 unspecified atom stereocenters.